The molecule has 1 aliphatic rings. The zero-order valence-electron chi connectivity index (χ0n) is 8.64. The van der Waals surface area contributed by atoms with Crippen molar-refractivity contribution in [2.45, 2.75) is 25.8 Å². The lowest BCUT2D eigenvalue weighted by molar-refractivity contribution is 0.212. The molecule has 0 saturated carbocycles. The molecule has 0 radical (unpaired) electrons. The van der Waals surface area contributed by atoms with Gasteiger partial charge in [0.25, 0.3) is 0 Å². The number of hydrogen-bond acceptors (Lipinski definition) is 3. The molecule has 0 aromatic heterocycles. The predicted octanol–water partition coefficient (Wildman–Crippen LogP) is 0.427. The van der Waals surface area contributed by atoms with Gasteiger partial charge in [-0.2, -0.15) is 4.31 Å². The summed E-state index contributed by atoms with van der Waals surface area (Å²) in [5, 5.41) is 0. The number of halogens is 1. The maximum Gasteiger partial charge on any atom is 0.211 e. The number of nitrogens with two attached hydrogens (primary N) is 1. The summed E-state index contributed by atoms with van der Waals surface area (Å²) in [4.78, 5) is 0. The van der Waals surface area contributed by atoms with Crippen molar-refractivity contribution in [3.05, 3.63) is 0 Å². The molecule has 86 valence electrons. The highest BCUT2D eigenvalue weighted by Gasteiger charge is 2.30. The number of sulfonamides is 1. The summed E-state index contributed by atoms with van der Waals surface area (Å²) < 4.78 is 24.2. The molecule has 2 atom stereocenters. The van der Waals surface area contributed by atoms with Crippen LogP contribution in [0.5, 0.6) is 0 Å². The summed E-state index contributed by atoms with van der Waals surface area (Å²) in [5.41, 5.74) is 5.55. The quantitative estimate of drug-likeness (QED) is 0.764. The number of hydrogen-bond donors (Lipinski definition) is 1. The van der Waals surface area contributed by atoms with Gasteiger partial charge in [-0.15, -0.1) is 12.4 Å². The van der Waals surface area contributed by atoms with Crippen molar-refractivity contribution in [1.29, 1.82) is 0 Å². The van der Waals surface area contributed by atoms with Gasteiger partial charge in [0.05, 0.1) is 6.26 Å². The Bertz CT molecular complexity index is 269. The van der Waals surface area contributed by atoms with Crippen LogP contribution in [0.25, 0.3) is 0 Å². The monoisotopic (exact) mass is 242 g/mol. The second-order valence-electron chi connectivity index (χ2n) is 3.89. The third-order valence-corrected chi connectivity index (χ3v) is 3.95. The van der Waals surface area contributed by atoms with E-state index in [-0.39, 0.29) is 18.4 Å². The molecule has 2 N–H and O–H groups in total. The van der Waals surface area contributed by atoms with Crippen LogP contribution in [-0.2, 0) is 10.0 Å². The van der Waals surface area contributed by atoms with Crippen molar-refractivity contribution in [2.24, 2.45) is 11.7 Å². The minimum Gasteiger partial charge on any atom is -0.329 e. The van der Waals surface area contributed by atoms with Gasteiger partial charge in [-0.3, -0.25) is 0 Å². The second kappa shape index (κ2) is 5.30. The van der Waals surface area contributed by atoms with Gasteiger partial charge in [0.1, 0.15) is 0 Å². The lowest BCUT2D eigenvalue weighted by atomic mass is 9.94. The van der Waals surface area contributed by atoms with Crippen LogP contribution in [-0.4, -0.2) is 38.1 Å². The van der Waals surface area contributed by atoms with Gasteiger partial charge in [0.2, 0.25) is 10.0 Å². The van der Waals surface area contributed by atoms with E-state index in [1.165, 1.54) is 10.6 Å². The van der Waals surface area contributed by atoms with Crippen LogP contribution in [0.2, 0.25) is 0 Å². The molecular weight excluding hydrogens is 224 g/mol. The van der Waals surface area contributed by atoms with Crippen molar-refractivity contribution in [3.63, 3.8) is 0 Å². The zero-order valence-corrected chi connectivity index (χ0v) is 10.3. The van der Waals surface area contributed by atoms with Gasteiger partial charge in [0, 0.05) is 19.1 Å². The third-order valence-electron chi connectivity index (χ3n) is 2.62. The average molecular weight is 243 g/mol. The highest BCUT2D eigenvalue weighted by Crippen LogP contribution is 2.23. The molecule has 1 saturated heterocycles. The third kappa shape index (κ3) is 3.38. The Balaban J connectivity index is 0.00000169. The predicted molar refractivity (Wildman–Crippen MR) is 60.0 cm³/mol. The Labute approximate surface area is 92.3 Å². The molecule has 1 fully saturated rings. The van der Waals surface area contributed by atoms with Gasteiger partial charge in [-0.25, -0.2) is 8.42 Å². The van der Waals surface area contributed by atoms with Crippen molar-refractivity contribution in [1.82, 2.24) is 4.31 Å². The first-order valence-electron chi connectivity index (χ1n) is 4.62. The molecule has 0 aromatic rings. The fourth-order valence-corrected chi connectivity index (χ4v) is 3.03. The Morgan fingerprint density at radius 1 is 1.50 bits per heavy atom. The van der Waals surface area contributed by atoms with Crippen molar-refractivity contribution in [3.8, 4) is 0 Å². The molecule has 0 amide bonds. The van der Waals surface area contributed by atoms with Gasteiger partial charge in [0.15, 0.2) is 0 Å². The minimum atomic E-state index is -3.06. The molecule has 1 aliphatic heterocycles. The highest BCUT2D eigenvalue weighted by atomic mass is 35.5. The maximum absolute atomic E-state index is 11.3. The van der Waals surface area contributed by atoms with Crippen LogP contribution in [0, 0.1) is 5.92 Å². The molecule has 0 spiro atoms. The largest absolute Gasteiger partial charge is 0.329 e. The minimum absolute atomic E-state index is 0. The molecular formula is C8H19ClN2O2S. The van der Waals surface area contributed by atoms with Crippen LogP contribution in [0.4, 0.5) is 0 Å². The Kier molecular flexibility index (Phi) is 5.36. The molecule has 2 unspecified atom stereocenters. The van der Waals surface area contributed by atoms with Crippen molar-refractivity contribution >= 4 is 22.4 Å². The summed E-state index contributed by atoms with van der Waals surface area (Å²) in [6, 6.07) is 0.0127. The first-order valence-corrected chi connectivity index (χ1v) is 6.47. The molecule has 4 nitrogen and oxygen atoms in total. The standard InChI is InChI=1S/C8H18N2O2S.ClH/c1-7-3-4-10(13(2,11)12)8(5-7)6-9;/h7-8H,3-6,9H2,1-2H3;1H. The number of rotatable bonds is 2. The lowest BCUT2D eigenvalue weighted by Gasteiger charge is -2.35. The van der Waals surface area contributed by atoms with Gasteiger partial charge >= 0.3 is 0 Å². The number of nitrogens with zero attached hydrogens (tertiary/aromatic N) is 1. The van der Waals surface area contributed by atoms with Crippen LogP contribution in [0.15, 0.2) is 0 Å². The van der Waals surface area contributed by atoms with E-state index in [4.69, 9.17) is 5.73 Å². The Morgan fingerprint density at radius 3 is 2.50 bits per heavy atom. The van der Waals surface area contributed by atoms with Gasteiger partial charge in [-0.1, -0.05) is 6.92 Å². The molecule has 6 heteroatoms. The normalized spacial score (nSPS) is 29.6. The molecule has 0 aliphatic carbocycles. The van der Waals surface area contributed by atoms with Crippen molar-refractivity contribution in [2.75, 3.05) is 19.3 Å². The summed E-state index contributed by atoms with van der Waals surface area (Å²) in [5.74, 6) is 0.589. The Morgan fingerprint density at radius 2 is 2.07 bits per heavy atom. The van der Waals surface area contributed by atoms with E-state index >= 15 is 0 Å². The topological polar surface area (TPSA) is 63.4 Å². The molecule has 14 heavy (non-hydrogen) atoms. The van der Waals surface area contributed by atoms with E-state index in [0.717, 1.165) is 12.8 Å². The van der Waals surface area contributed by atoms with E-state index in [1.807, 2.05) is 0 Å². The van der Waals surface area contributed by atoms with E-state index in [1.54, 1.807) is 0 Å². The van der Waals surface area contributed by atoms with E-state index < -0.39 is 10.0 Å². The van der Waals surface area contributed by atoms with E-state index in [9.17, 15) is 8.42 Å². The molecule has 1 heterocycles. The van der Waals surface area contributed by atoms with Gasteiger partial charge < -0.3 is 5.73 Å². The zero-order chi connectivity index (χ0) is 10.1. The first kappa shape index (κ1) is 14.2. The van der Waals surface area contributed by atoms with Crippen LogP contribution in [0.1, 0.15) is 19.8 Å². The van der Waals surface area contributed by atoms with Crippen LogP contribution in [0.3, 0.4) is 0 Å². The summed E-state index contributed by atoms with van der Waals surface area (Å²) >= 11 is 0. The maximum atomic E-state index is 11.3. The van der Waals surface area contributed by atoms with Crippen molar-refractivity contribution < 1.29 is 8.42 Å². The first-order chi connectivity index (χ1) is 5.95. The van der Waals surface area contributed by atoms with E-state index in [0.29, 0.717) is 19.0 Å². The average Bonchev–Trinajstić information content (AvgIpc) is 2.01. The fourth-order valence-electron chi connectivity index (χ4n) is 1.88. The van der Waals surface area contributed by atoms with Crippen LogP contribution < -0.4 is 5.73 Å². The fraction of sp³-hybridized carbons (Fsp3) is 1.00. The molecule has 0 bridgehead atoms. The summed E-state index contributed by atoms with van der Waals surface area (Å²) in [7, 11) is -3.06. The highest BCUT2D eigenvalue weighted by molar-refractivity contribution is 7.88. The second-order valence-corrected chi connectivity index (χ2v) is 5.83. The SMILES string of the molecule is CC1CCN(S(C)(=O)=O)C(CN)C1.Cl. The summed E-state index contributed by atoms with van der Waals surface area (Å²) in [6.07, 6.45) is 3.10. The van der Waals surface area contributed by atoms with Gasteiger partial charge in [-0.05, 0) is 18.8 Å². The smallest absolute Gasteiger partial charge is 0.211 e. The number of piperidine rings is 1. The summed E-state index contributed by atoms with van der Waals surface area (Å²) in [6.45, 7) is 3.20. The molecule has 0 aromatic carbocycles. The lowest BCUT2D eigenvalue weighted by Crippen LogP contribution is -2.48. The van der Waals surface area contributed by atoms with E-state index in [2.05, 4.69) is 6.92 Å². The Hall–Kier alpha value is 0.160. The molecule has 1 rings (SSSR count). The van der Waals surface area contributed by atoms with Crippen LogP contribution >= 0.6 is 12.4 Å².